The molecule has 1 fully saturated rings. The molecule has 170 valence electrons. The van der Waals surface area contributed by atoms with Gasteiger partial charge in [-0.05, 0) is 48.7 Å². The SMILES string of the molecule is COc1ccccc1C[C@H](NC(C)=O)C(=O)NC1CCN(C(=O)c2ccc(Cl)cc2)CC1. The lowest BCUT2D eigenvalue weighted by molar-refractivity contribution is -0.128. The van der Waals surface area contributed by atoms with Crippen molar-refractivity contribution in [3.8, 4) is 5.75 Å². The van der Waals surface area contributed by atoms with E-state index in [2.05, 4.69) is 10.6 Å². The minimum absolute atomic E-state index is 0.0428. The number of ether oxygens (including phenoxy) is 1. The highest BCUT2D eigenvalue weighted by Gasteiger charge is 2.28. The summed E-state index contributed by atoms with van der Waals surface area (Å²) in [5.74, 6) is 0.112. The van der Waals surface area contributed by atoms with E-state index in [1.54, 1.807) is 36.3 Å². The van der Waals surface area contributed by atoms with Crippen LogP contribution in [0.25, 0.3) is 0 Å². The molecule has 0 radical (unpaired) electrons. The third kappa shape index (κ3) is 6.23. The number of para-hydroxylation sites is 1. The minimum atomic E-state index is -0.711. The number of benzene rings is 2. The first-order valence-corrected chi connectivity index (χ1v) is 11.0. The molecule has 0 saturated carbocycles. The van der Waals surface area contributed by atoms with E-state index in [9.17, 15) is 14.4 Å². The summed E-state index contributed by atoms with van der Waals surface area (Å²) < 4.78 is 5.37. The molecule has 0 bridgehead atoms. The fourth-order valence-electron chi connectivity index (χ4n) is 3.85. The Morgan fingerprint density at radius 3 is 2.38 bits per heavy atom. The first-order valence-electron chi connectivity index (χ1n) is 10.6. The van der Waals surface area contributed by atoms with E-state index >= 15 is 0 Å². The number of halogens is 1. The summed E-state index contributed by atoms with van der Waals surface area (Å²) in [6.07, 6.45) is 1.61. The molecule has 2 aromatic rings. The van der Waals surface area contributed by atoms with Crippen molar-refractivity contribution in [3.05, 3.63) is 64.7 Å². The van der Waals surface area contributed by atoms with Gasteiger partial charge in [0, 0.05) is 43.1 Å². The molecule has 0 unspecified atom stereocenters. The molecule has 1 heterocycles. The Hall–Kier alpha value is -3.06. The number of likely N-dealkylation sites (tertiary alicyclic amines) is 1. The molecule has 0 aromatic heterocycles. The molecule has 1 aliphatic heterocycles. The van der Waals surface area contributed by atoms with Crippen LogP contribution < -0.4 is 15.4 Å². The number of hydrogen-bond donors (Lipinski definition) is 2. The topological polar surface area (TPSA) is 87.7 Å². The van der Waals surface area contributed by atoms with Crippen LogP contribution in [0.1, 0.15) is 35.7 Å². The van der Waals surface area contributed by atoms with Crippen molar-refractivity contribution < 1.29 is 19.1 Å². The molecule has 7 nitrogen and oxygen atoms in total. The smallest absolute Gasteiger partial charge is 0.253 e. The van der Waals surface area contributed by atoms with Crippen LogP contribution in [0.2, 0.25) is 5.02 Å². The molecule has 1 saturated heterocycles. The van der Waals surface area contributed by atoms with E-state index in [0.717, 1.165) is 5.56 Å². The van der Waals surface area contributed by atoms with Gasteiger partial charge in [0.25, 0.3) is 5.91 Å². The normalized spacial score (nSPS) is 15.0. The molecule has 32 heavy (non-hydrogen) atoms. The summed E-state index contributed by atoms with van der Waals surface area (Å²) in [7, 11) is 1.57. The number of piperidine rings is 1. The third-order valence-electron chi connectivity index (χ3n) is 5.53. The van der Waals surface area contributed by atoms with E-state index in [0.29, 0.717) is 48.7 Å². The van der Waals surface area contributed by atoms with Gasteiger partial charge in [0.15, 0.2) is 0 Å². The standard InChI is InChI=1S/C24H28ClN3O4/c1-16(29)26-21(15-18-5-3-4-6-22(18)32-2)23(30)27-20-11-13-28(14-12-20)24(31)17-7-9-19(25)10-8-17/h3-10,20-21H,11-15H2,1-2H3,(H,26,29)(H,27,30)/t21-/m0/s1. The zero-order valence-electron chi connectivity index (χ0n) is 18.3. The molecule has 3 amide bonds. The van der Waals surface area contributed by atoms with Gasteiger partial charge < -0.3 is 20.3 Å². The van der Waals surface area contributed by atoms with E-state index in [1.807, 2.05) is 24.3 Å². The monoisotopic (exact) mass is 457 g/mol. The first-order chi connectivity index (χ1) is 15.4. The Morgan fingerprint density at radius 1 is 1.09 bits per heavy atom. The second kappa shape index (κ2) is 11.0. The van der Waals surface area contributed by atoms with E-state index in [1.165, 1.54) is 6.92 Å². The maximum atomic E-state index is 13.0. The van der Waals surface area contributed by atoms with Crippen LogP contribution >= 0.6 is 11.6 Å². The molecular weight excluding hydrogens is 430 g/mol. The predicted molar refractivity (Wildman–Crippen MR) is 123 cm³/mol. The average Bonchev–Trinajstić information content (AvgIpc) is 2.79. The fourth-order valence-corrected chi connectivity index (χ4v) is 3.98. The fraction of sp³-hybridized carbons (Fsp3) is 0.375. The Bertz CT molecular complexity index is 956. The lowest BCUT2D eigenvalue weighted by Crippen LogP contribution is -2.53. The van der Waals surface area contributed by atoms with Gasteiger partial charge in [-0.25, -0.2) is 0 Å². The lowest BCUT2D eigenvalue weighted by atomic mass is 10.0. The van der Waals surface area contributed by atoms with Gasteiger partial charge >= 0.3 is 0 Å². The highest BCUT2D eigenvalue weighted by atomic mass is 35.5. The number of nitrogens with one attached hydrogen (secondary N) is 2. The number of rotatable bonds is 7. The second-order valence-electron chi connectivity index (χ2n) is 7.85. The van der Waals surface area contributed by atoms with Crippen LogP contribution in [-0.2, 0) is 16.0 Å². The molecule has 0 spiro atoms. The number of carbonyl (C=O) groups is 3. The van der Waals surface area contributed by atoms with Crippen LogP contribution in [0.4, 0.5) is 0 Å². The quantitative estimate of drug-likeness (QED) is 0.669. The van der Waals surface area contributed by atoms with Crippen molar-refractivity contribution in [2.75, 3.05) is 20.2 Å². The van der Waals surface area contributed by atoms with E-state index < -0.39 is 6.04 Å². The molecule has 1 atom stereocenters. The average molecular weight is 458 g/mol. The zero-order valence-corrected chi connectivity index (χ0v) is 19.0. The zero-order chi connectivity index (χ0) is 23.1. The number of nitrogens with zero attached hydrogens (tertiary/aromatic N) is 1. The largest absolute Gasteiger partial charge is 0.496 e. The van der Waals surface area contributed by atoms with Crippen molar-refractivity contribution in [2.24, 2.45) is 0 Å². The highest BCUT2D eigenvalue weighted by molar-refractivity contribution is 6.30. The number of hydrogen-bond acceptors (Lipinski definition) is 4. The second-order valence-corrected chi connectivity index (χ2v) is 8.29. The Kier molecular flexibility index (Phi) is 8.11. The number of amides is 3. The number of methoxy groups -OCH3 is 1. The maximum Gasteiger partial charge on any atom is 0.253 e. The van der Waals surface area contributed by atoms with Crippen molar-refractivity contribution in [2.45, 2.75) is 38.3 Å². The molecule has 2 aromatic carbocycles. The predicted octanol–water partition coefficient (Wildman–Crippen LogP) is 2.82. The summed E-state index contributed by atoms with van der Waals surface area (Å²) in [5, 5.41) is 6.37. The van der Waals surface area contributed by atoms with Crippen LogP contribution in [-0.4, -0.2) is 54.9 Å². The molecule has 1 aliphatic rings. The van der Waals surface area contributed by atoms with Crippen molar-refractivity contribution in [3.63, 3.8) is 0 Å². The minimum Gasteiger partial charge on any atom is -0.496 e. The third-order valence-corrected chi connectivity index (χ3v) is 5.78. The lowest BCUT2D eigenvalue weighted by Gasteiger charge is -2.33. The van der Waals surface area contributed by atoms with Gasteiger partial charge in [0.1, 0.15) is 11.8 Å². The van der Waals surface area contributed by atoms with Gasteiger partial charge in [-0.15, -0.1) is 0 Å². The Labute approximate surface area is 193 Å². The van der Waals surface area contributed by atoms with Gasteiger partial charge in [0.05, 0.1) is 7.11 Å². The van der Waals surface area contributed by atoms with Crippen molar-refractivity contribution in [1.82, 2.24) is 15.5 Å². The molecule has 2 N–H and O–H groups in total. The summed E-state index contributed by atoms with van der Waals surface area (Å²) in [5.41, 5.74) is 1.44. The van der Waals surface area contributed by atoms with Crippen LogP contribution in [0.5, 0.6) is 5.75 Å². The first kappa shape index (κ1) is 23.6. The van der Waals surface area contributed by atoms with Gasteiger partial charge in [0.2, 0.25) is 11.8 Å². The van der Waals surface area contributed by atoms with Crippen molar-refractivity contribution >= 4 is 29.3 Å². The summed E-state index contributed by atoms with van der Waals surface area (Å²) >= 11 is 5.90. The molecule has 8 heteroatoms. The number of carbonyl (C=O) groups excluding carboxylic acids is 3. The Balaban J connectivity index is 1.58. The maximum absolute atomic E-state index is 13.0. The van der Waals surface area contributed by atoms with E-state index in [-0.39, 0.29) is 23.8 Å². The van der Waals surface area contributed by atoms with Crippen LogP contribution in [0.15, 0.2) is 48.5 Å². The van der Waals surface area contributed by atoms with Gasteiger partial charge in [-0.3, -0.25) is 14.4 Å². The van der Waals surface area contributed by atoms with Crippen LogP contribution in [0.3, 0.4) is 0 Å². The summed E-state index contributed by atoms with van der Waals surface area (Å²) in [6.45, 7) is 2.48. The van der Waals surface area contributed by atoms with Crippen LogP contribution in [0, 0.1) is 0 Å². The highest BCUT2D eigenvalue weighted by Crippen LogP contribution is 2.20. The van der Waals surface area contributed by atoms with Gasteiger partial charge in [-0.1, -0.05) is 29.8 Å². The van der Waals surface area contributed by atoms with Gasteiger partial charge in [-0.2, -0.15) is 0 Å². The summed E-state index contributed by atoms with van der Waals surface area (Å²) in [4.78, 5) is 39.1. The van der Waals surface area contributed by atoms with E-state index in [4.69, 9.17) is 16.3 Å². The molecule has 3 rings (SSSR count). The Morgan fingerprint density at radius 2 is 1.75 bits per heavy atom. The van der Waals surface area contributed by atoms with Crippen molar-refractivity contribution in [1.29, 1.82) is 0 Å². The molecular formula is C24H28ClN3O4. The summed E-state index contributed by atoms with van der Waals surface area (Å²) in [6, 6.07) is 13.5. The molecule has 0 aliphatic carbocycles.